The number of unbranched alkanes of at least 4 members (excludes halogenated alkanes) is 3. The molecule has 0 aromatic rings. The van der Waals surface area contributed by atoms with Crippen LogP contribution in [-0.4, -0.2) is 12.5 Å². The molecule has 11 heavy (non-hydrogen) atoms. The van der Waals surface area contributed by atoms with E-state index in [0.29, 0.717) is 6.42 Å². The van der Waals surface area contributed by atoms with Gasteiger partial charge >= 0.3 is 5.97 Å². The number of carbonyl (C=O) groups is 1. The molecule has 0 saturated carbocycles. The van der Waals surface area contributed by atoms with E-state index in [0.717, 1.165) is 19.3 Å². The van der Waals surface area contributed by atoms with Crippen molar-refractivity contribution in [1.29, 1.82) is 0 Å². The van der Waals surface area contributed by atoms with Gasteiger partial charge < -0.3 is 4.74 Å². The number of hydrogen-bond donors (Lipinski definition) is 0. The zero-order chi connectivity index (χ0) is 12.8. The molecule has 0 heterocycles. The Kier molecular flexibility index (Phi) is 3.09. The molecule has 0 aromatic carbocycles. The van der Waals surface area contributed by atoms with Crippen LogP contribution in [0.4, 0.5) is 0 Å². The highest BCUT2D eigenvalue weighted by molar-refractivity contribution is 5.69. The lowest BCUT2D eigenvalue weighted by atomic mass is 10.2. The van der Waals surface area contributed by atoms with Crippen molar-refractivity contribution in [2.45, 2.75) is 45.9 Å². The van der Waals surface area contributed by atoms with Crippen LogP contribution in [0.3, 0.4) is 0 Å². The van der Waals surface area contributed by atoms with Crippen molar-refractivity contribution in [3.63, 3.8) is 0 Å². The fourth-order valence-electron chi connectivity index (χ4n) is 0.804. The summed E-state index contributed by atoms with van der Waals surface area (Å²) in [5, 5.41) is 0. The Bertz CT molecular complexity index is 224. The molecule has 0 saturated heterocycles. The van der Waals surface area contributed by atoms with Gasteiger partial charge in [0, 0.05) is 10.5 Å². The summed E-state index contributed by atoms with van der Waals surface area (Å²) in [6.07, 6.45) is 3.56. The highest BCUT2D eigenvalue weighted by Gasteiger charge is 1.99. The van der Waals surface area contributed by atoms with Gasteiger partial charge in [0.1, 0.15) is 0 Å². The van der Waals surface area contributed by atoms with Crippen LogP contribution in [0.1, 0.15) is 52.7 Å². The summed E-state index contributed by atoms with van der Waals surface area (Å²) in [5.41, 5.74) is 0. The fraction of sp³-hybridized carbons (Fsp3) is 0.889. The van der Waals surface area contributed by atoms with Crippen LogP contribution < -0.4 is 0 Å². The molecule has 0 aliphatic carbocycles. The van der Waals surface area contributed by atoms with E-state index in [1.165, 1.54) is 0 Å². The lowest BCUT2D eigenvalue weighted by Crippen LogP contribution is -2.02. The molecule has 0 atom stereocenters. The lowest BCUT2D eigenvalue weighted by Gasteiger charge is -2.00. The zero-order valence-electron chi connectivity index (χ0n) is 11.9. The monoisotopic (exact) mass is 163 g/mol. The van der Waals surface area contributed by atoms with E-state index in [2.05, 4.69) is 4.74 Å². The summed E-state index contributed by atoms with van der Waals surface area (Å²) in [4.78, 5) is 11.2. The normalized spacial score (nSPS) is 18.8. The third-order valence-electron chi connectivity index (χ3n) is 1.40. The van der Waals surface area contributed by atoms with Crippen LogP contribution in [0.25, 0.3) is 0 Å². The fourth-order valence-corrected chi connectivity index (χ4v) is 0.804. The maximum atomic E-state index is 11.2. The first-order chi connectivity index (χ1) is 7.20. The van der Waals surface area contributed by atoms with Gasteiger partial charge in [0.05, 0.1) is 9.30 Å². The van der Waals surface area contributed by atoms with E-state index in [1.54, 1.807) is 0 Å². The maximum absolute atomic E-state index is 11.2. The molecule has 66 valence electrons. The summed E-state index contributed by atoms with van der Waals surface area (Å²) in [5.74, 6) is -0.794. The molecule has 0 radical (unpaired) electrons. The van der Waals surface area contributed by atoms with Crippen LogP contribution in [0.2, 0.25) is 0 Å². The molecule has 0 bridgehead atoms. The van der Waals surface area contributed by atoms with Gasteiger partial charge in [-0.05, 0) is 13.3 Å². The molecule has 0 aliphatic heterocycles. The van der Waals surface area contributed by atoms with Crippen molar-refractivity contribution in [3.05, 3.63) is 0 Å². The molecular weight excluding hydrogens is 140 g/mol. The first-order valence-electron chi connectivity index (χ1n) is 6.42. The second kappa shape index (κ2) is 7.58. The van der Waals surface area contributed by atoms with Crippen LogP contribution in [0.15, 0.2) is 0 Å². The van der Waals surface area contributed by atoms with Gasteiger partial charge in [-0.2, -0.15) is 0 Å². The second-order valence-electron chi connectivity index (χ2n) is 2.39. The SMILES string of the molecule is [2H]C([2H])([2H])C([2H])([2H])OC(=O)CCCCCC. The summed E-state index contributed by atoms with van der Waals surface area (Å²) < 4.78 is 39.0. The number of esters is 1. The number of hydrogen-bond acceptors (Lipinski definition) is 2. The number of ether oxygens (including phenoxy) is 1. The molecule has 0 aromatic heterocycles. The van der Waals surface area contributed by atoms with Gasteiger partial charge in [-0.15, -0.1) is 0 Å². The summed E-state index contributed by atoms with van der Waals surface area (Å²) in [7, 11) is 0. The minimum absolute atomic E-state index is 0.0651. The van der Waals surface area contributed by atoms with Gasteiger partial charge in [-0.1, -0.05) is 26.2 Å². The van der Waals surface area contributed by atoms with Crippen LogP contribution in [-0.2, 0) is 9.53 Å². The van der Waals surface area contributed by atoms with E-state index < -0.39 is 19.4 Å². The highest BCUT2D eigenvalue weighted by atomic mass is 16.5. The number of carbonyl (C=O) groups excluding carboxylic acids is 1. The van der Waals surface area contributed by atoms with E-state index in [-0.39, 0.29) is 6.42 Å². The number of rotatable bonds is 6. The largest absolute Gasteiger partial charge is 0.466 e. The molecule has 0 N–H and O–H groups in total. The lowest BCUT2D eigenvalue weighted by molar-refractivity contribution is -0.143. The minimum Gasteiger partial charge on any atom is -0.466 e. The highest BCUT2D eigenvalue weighted by Crippen LogP contribution is 2.02. The van der Waals surface area contributed by atoms with Crippen molar-refractivity contribution in [1.82, 2.24) is 0 Å². The van der Waals surface area contributed by atoms with Gasteiger partial charge in [0.15, 0.2) is 0 Å². The average Bonchev–Trinajstić information content (AvgIpc) is 2.10. The van der Waals surface area contributed by atoms with Crippen LogP contribution >= 0.6 is 0 Å². The molecule has 0 spiro atoms. The minimum atomic E-state index is -2.94. The summed E-state index contributed by atoms with van der Waals surface area (Å²) in [6.45, 7) is -3.80. The molecule has 0 unspecified atom stereocenters. The molecular formula is C9H18O2. The van der Waals surface area contributed by atoms with Gasteiger partial charge in [0.2, 0.25) is 0 Å². The standard InChI is InChI=1S/C9H18O2/c1-3-5-6-7-8-9(10)11-4-2/h3-8H2,1-2H3/i2D3,4D2. The maximum Gasteiger partial charge on any atom is 0.305 e. The van der Waals surface area contributed by atoms with E-state index in [9.17, 15) is 4.79 Å². The van der Waals surface area contributed by atoms with Gasteiger partial charge in [0.25, 0.3) is 0 Å². The topological polar surface area (TPSA) is 26.3 Å². The Morgan fingerprint density at radius 1 is 1.55 bits per heavy atom. The third-order valence-corrected chi connectivity index (χ3v) is 1.40. The van der Waals surface area contributed by atoms with Gasteiger partial charge in [-0.3, -0.25) is 4.79 Å². The van der Waals surface area contributed by atoms with E-state index >= 15 is 0 Å². The predicted octanol–water partition coefficient (Wildman–Crippen LogP) is 2.52. The van der Waals surface area contributed by atoms with Crippen molar-refractivity contribution in [3.8, 4) is 0 Å². The predicted molar refractivity (Wildman–Crippen MR) is 45.4 cm³/mol. The Balaban J connectivity index is 3.96. The smallest absolute Gasteiger partial charge is 0.305 e. The van der Waals surface area contributed by atoms with Crippen LogP contribution in [0.5, 0.6) is 0 Å². The summed E-state index contributed by atoms with van der Waals surface area (Å²) in [6, 6.07) is 0. The molecule has 0 rings (SSSR count). The summed E-state index contributed by atoms with van der Waals surface area (Å²) >= 11 is 0. The van der Waals surface area contributed by atoms with Crippen LogP contribution in [0, 0.1) is 0 Å². The molecule has 2 nitrogen and oxygen atoms in total. The Labute approximate surface area is 76.0 Å². The molecule has 2 heteroatoms. The third kappa shape index (κ3) is 7.37. The first-order valence-corrected chi connectivity index (χ1v) is 3.92. The van der Waals surface area contributed by atoms with Crippen molar-refractivity contribution in [2.75, 3.05) is 6.56 Å². The van der Waals surface area contributed by atoms with Crippen molar-refractivity contribution >= 4 is 5.97 Å². The Morgan fingerprint density at radius 2 is 2.36 bits per heavy atom. The second-order valence-corrected chi connectivity index (χ2v) is 2.39. The first kappa shape index (κ1) is 4.48. The molecule has 0 fully saturated rings. The average molecular weight is 163 g/mol. The van der Waals surface area contributed by atoms with Crippen molar-refractivity contribution < 1.29 is 16.4 Å². The van der Waals surface area contributed by atoms with Crippen molar-refractivity contribution in [2.24, 2.45) is 0 Å². The quantitative estimate of drug-likeness (QED) is 0.444. The molecule has 0 aliphatic rings. The zero-order valence-corrected chi connectivity index (χ0v) is 6.85. The van der Waals surface area contributed by atoms with Gasteiger partial charge in [-0.25, -0.2) is 0 Å². The molecule has 0 amide bonds. The van der Waals surface area contributed by atoms with E-state index in [1.807, 2.05) is 6.92 Å². The Hall–Kier alpha value is -0.530. The van der Waals surface area contributed by atoms with E-state index in [4.69, 9.17) is 6.85 Å². The Morgan fingerprint density at radius 3 is 3.00 bits per heavy atom.